The van der Waals surface area contributed by atoms with Gasteiger partial charge in [-0.2, -0.15) is 0 Å². The lowest BCUT2D eigenvalue weighted by Crippen LogP contribution is -2.49. The predicted molar refractivity (Wildman–Crippen MR) is 110 cm³/mol. The summed E-state index contributed by atoms with van der Waals surface area (Å²) in [5.74, 6) is 0.526. The summed E-state index contributed by atoms with van der Waals surface area (Å²) in [7, 11) is 0. The average Bonchev–Trinajstić information content (AvgIpc) is 3.17. The van der Waals surface area contributed by atoms with Crippen molar-refractivity contribution < 1.29 is 14.3 Å². The van der Waals surface area contributed by atoms with Gasteiger partial charge in [0.25, 0.3) is 5.91 Å². The molecule has 1 aliphatic heterocycles. The molecule has 1 aromatic heterocycles. The summed E-state index contributed by atoms with van der Waals surface area (Å²) in [6, 6.07) is 9.24. The van der Waals surface area contributed by atoms with Crippen LogP contribution in [0.25, 0.3) is 0 Å². The minimum absolute atomic E-state index is 0.00111. The molecule has 2 heterocycles. The Bertz CT molecular complexity index is 861. The van der Waals surface area contributed by atoms with Crippen molar-refractivity contribution in [2.24, 2.45) is 5.92 Å². The molecule has 1 aliphatic carbocycles. The molecule has 1 fully saturated rings. The van der Waals surface area contributed by atoms with Crippen LogP contribution < -0.4 is 15.4 Å². The summed E-state index contributed by atoms with van der Waals surface area (Å²) >= 11 is 7.73. The Kier molecular flexibility index (Phi) is 5.60. The van der Waals surface area contributed by atoms with E-state index in [-0.39, 0.29) is 17.7 Å². The lowest BCUT2D eigenvalue weighted by molar-refractivity contribution is -0.127. The number of rotatable bonds is 4. The Hall–Kier alpha value is -2.05. The molecule has 5 nitrogen and oxygen atoms in total. The second kappa shape index (κ2) is 8.13. The Labute approximate surface area is 173 Å². The highest BCUT2D eigenvalue weighted by Gasteiger charge is 2.41. The summed E-state index contributed by atoms with van der Waals surface area (Å²) in [6.07, 6.45) is 3.85. The zero-order chi connectivity index (χ0) is 19.6. The number of amides is 2. The van der Waals surface area contributed by atoms with Crippen molar-refractivity contribution in [2.75, 3.05) is 13.1 Å². The highest BCUT2D eigenvalue weighted by atomic mass is 35.5. The SMILES string of the molecule is O=C1NCC2(CCC(C(=O)NCCc3cccs3)CC2)Oc2ccc(Cl)cc21. The van der Waals surface area contributed by atoms with Crippen molar-refractivity contribution in [3.8, 4) is 5.75 Å². The van der Waals surface area contributed by atoms with Crippen LogP contribution in [0.4, 0.5) is 0 Å². The molecule has 7 heteroatoms. The number of thiophene rings is 1. The van der Waals surface area contributed by atoms with Crippen LogP contribution in [0.3, 0.4) is 0 Å². The highest BCUT2D eigenvalue weighted by Crippen LogP contribution is 2.38. The average molecular weight is 419 g/mol. The van der Waals surface area contributed by atoms with Gasteiger partial charge in [-0.3, -0.25) is 9.59 Å². The lowest BCUT2D eigenvalue weighted by atomic mass is 9.78. The Balaban J connectivity index is 1.34. The standard InChI is InChI=1S/C21H23ClN2O3S/c22-15-3-4-18-17(12-15)20(26)24-13-21(27-18)8-5-14(6-9-21)19(25)23-10-7-16-2-1-11-28-16/h1-4,11-12,14H,5-10,13H2,(H,23,25)(H,24,26). The van der Waals surface area contributed by atoms with Gasteiger partial charge in [-0.25, -0.2) is 0 Å². The second-order valence-electron chi connectivity index (χ2n) is 7.50. The summed E-state index contributed by atoms with van der Waals surface area (Å²) < 4.78 is 6.30. The van der Waals surface area contributed by atoms with Gasteiger partial charge in [-0.05, 0) is 61.7 Å². The van der Waals surface area contributed by atoms with E-state index in [1.165, 1.54) is 4.88 Å². The molecule has 2 N–H and O–H groups in total. The Morgan fingerprint density at radius 1 is 1.32 bits per heavy atom. The van der Waals surface area contributed by atoms with Crippen molar-refractivity contribution in [1.29, 1.82) is 0 Å². The van der Waals surface area contributed by atoms with Gasteiger partial charge in [0.05, 0.1) is 12.1 Å². The minimum Gasteiger partial charge on any atom is -0.485 e. The molecule has 0 unspecified atom stereocenters. The molecule has 2 amide bonds. The van der Waals surface area contributed by atoms with E-state index >= 15 is 0 Å². The first-order chi connectivity index (χ1) is 13.5. The smallest absolute Gasteiger partial charge is 0.255 e. The van der Waals surface area contributed by atoms with Crippen LogP contribution in [0.5, 0.6) is 5.75 Å². The van der Waals surface area contributed by atoms with E-state index in [1.807, 2.05) is 6.07 Å². The van der Waals surface area contributed by atoms with Crippen LogP contribution in [-0.4, -0.2) is 30.5 Å². The summed E-state index contributed by atoms with van der Waals surface area (Å²) in [5.41, 5.74) is 0.0143. The molecule has 1 spiro atoms. The highest BCUT2D eigenvalue weighted by molar-refractivity contribution is 7.09. The molecule has 28 heavy (non-hydrogen) atoms. The molecule has 0 atom stereocenters. The van der Waals surface area contributed by atoms with Gasteiger partial charge in [0, 0.05) is 22.4 Å². The number of ether oxygens (including phenoxy) is 1. The van der Waals surface area contributed by atoms with Gasteiger partial charge in [-0.15, -0.1) is 11.3 Å². The summed E-state index contributed by atoms with van der Waals surface area (Å²) in [6.45, 7) is 1.12. The van der Waals surface area contributed by atoms with E-state index in [0.29, 0.717) is 29.4 Å². The number of halogens is 1. The normalized spacial score (nSPS) is 24.0. The number of benzene rings is 1. The fourth-order valence-electron chi connectivity index (χ4n) is 3.97. The van der Waals surface area contributed by atoms with E-state index in [9.17, 15) is 9.59 Å². The second-order valence-corrected chi connectivity index (χ2v) is 8.97. The molecule has 2 aliphatic rings. The molecular weight excluding hydrogens is 396 g/mol. The zero-order valence-electron chi connectivity index (χ0n) is 15.5. The fraction of sp³-hybridized carbons (Fsp3) is 0.429. The first kappa shape index (κ1) is 19.3. The van der Waals surface area contributed by atoms with E-state index < -0.39 is 5.60 Å². The number of carbonyl (C=O) groups is 2. The van der Waals surface area contributed by atoms with Crippen LogP contribution in [0.2, 0.25) is 5.02 Å². The molecule has 2 aromatic rings. The van der Waals surface area contributed by atoms with Crippen molar-refractivity contribution in [1.82, 2.24) is 10.6 Å². The third kappa shape index (κ3) is 4.18. The van der Waals surface area contributed by atoms with Crippen molar-refractivity contribution in [3.63, 3.8) is 0 Å². The number of carbonyl (C=O) groups excluding carboxylic acids is 2. The van der Waals surface area contributed by atoms with Crippen LogP contribution in [0.1, 0.15) is 40.9 Å². The van der Waals surface area contributed by atoms with Gasteiger partial charge >= 0.3 is 0 Å². The van der Waals surface area contributed by atoms with Crippen LogP contribution in [0, 0.1) is 5.92 Å². The van der Waals surface area contributed by atoms with E-state index in [4.69, 9.17) is 16.3 Å². The maximum Gasteiger partial charge on any atom is 0.255 e. The van der Waals surface area contributed by atoms with Gasteiger partial charge in [0.1, 0.15) is 11.4 Å². The number of hydrogen-bond donors (Lipinski definition) is 2. The fourth-order valence-corrected chi connectivity index (χ4v) is 4.85. The maximum absolute atomic E-state index is 12.5. The maximum atomic E-state index is 12.5. The molecule has 4 rings (SSSR count). The predicted octanol–water partition coefficient (Wildman–Crippen LogP) is 3.81. The van der Waals surface area contributed by atoms with Crippen molar-refractivity contribution >= 4 is 34.8 Å². The third-order valence-corrected chi connectivity index (χ3v) is 6.77. The first-order valence-electron chi connectivity index (χ1n) is 9.62. The number of hydrogen-bond acceptors (Lipinski definition) is 4. The lowest BCUT2D eigenvalue weighted by Gasteiger charge is -2.39. The largest absolute Gasteiger partial charge is 0.485 e. The number of nitrogens with one attached hydrogen (secondary N) is 2. The van der Waals surface area contributed by atoms with Crippen LogP contribution in [-0.2, 0) is 11.2 Å². The van der Waals surface area contributed by atoms with Crippen molar-refractivity contribution in [3.05, 3.63) is 51.2 Å². The quantitative estimate of drug-likeness (QED) is 0.793. The van der Waals surface area contributed by atoms with Crippen LogP contribution >= 0.6 is 22.9 Å². The topological polar surface area (TPSA) is 67.4 Å². The molecule has 148 valence electrons. The zero-order valence-corrected chi connectivity index (χ0v) is 17.1. The van der Waals surface area contributed by atoms with E-state index in [2.05, 4.69) is 22.1 Å². The van der Waals surface area contributed by atoms with Gasteiger partial charge < -0.3 is 15.4 Å². The van der Waals surface area contributed by atoms with Crippen molar-refractivity contribution in [2.45, 2.75) is 37.7 Å². The Morgan fingerprint density at radius 2 is 2.14 bits per heavy atom. The molecular formula is C21H23ClN2O3S. The minimum atomic E-state index is -0.456. The molecule has 1 saturated carbocycles. The number of fused-ring (bicyclic) bond motifs is 1. The van der Waals surface area contributed by atoms with Gasteiger partial charge in [-0.1, -0.05) is 17.7 Å². The van der Waals surface area contributed by atoms with Gasteiger partial charge in [0.2, 0.25) is 5.91 Å². The Morgan fingerprint density at radius 3 is 2.89 bits per heavy atom. The third-order valence-electron chi connectivity index (χ3n) is 5.60. The van der Waals surface area contributed by atoms with E-state index in [0.717, 1.165) is 32.1 Å². The molecule has 1 aromatic carbocycles. The molecule has 0 saturated heterocycles. The summed E-state index contributed by atoms with van der Waals surface area (Å²) in [5, 5.41) is 8.59. The first-order valence-corrected chi connectivity index (χ1v) is 10.9. The monoisotopic (exact) mass is 418 g/mol. The van der Waals surface area contributed by atoms with Crippen LogP contribution in [0.15, 0.2) is 35.7 Å². The summed E-state index contributed by atoms with van der Waals surface area (Å²) in [4.78, 5) is 26.2. The molecule has 0 bridgehead atoms. The molecule has 0 radical (unpaired) electrons. The van der Waals surface area contributed by atoms with Gasteiger partial charge in [0.15, 0.2) is 0 Å². The van der Waals surface area contributed by atoms with E-state index in [1.54, 1.807) is 29.5 Å².